The first-order valence-corrected chi connectivity index (χ1v) is 7.03. The monoisotopic (exact) mass is 302 g/mol. The van der Waals surface area contributed by atoms with E-state index in [9.17, 15) is 4.39 Å². The molecule has 2 nitrogen and oxygen atoms in total. The second-order valence-electron chi connectivity index (χ2n) is 5.06. The van der Waals surface area contributed by atoms with Crippen LogP contribution in [-0.4, -0.2) is 11.9 Å². The molecule has 4 heteroatoms. The van der Waals surface area contributed by atoms with Crippen molar-refractivity contribution < 1.29 is 4.39 Å². The highest BCUT2D eigenvalue weighted by atomic mass is 35.5. The summed E-state index contributed by atoms with van der Waals surface area (Å²) in [7, 11) is 1.92. The molecule has 0 saturated heterocycles. The van der Waals surface area contributed by atoms with Crippen LogP contribution >= 0.6 is 11.6 Å². The van der Waals surface area contributed by atoms with E-state index in [1.165, 1.54) is 12.1 Å². The van der Waals surface area contributed by atoms with Gasteiger partial charge in [-0.2, -0.15) is 5.26 Å². The van der Waals surface area contributed by atoms with Crippen LogP contribution in [-0.2, 0) is 6.54 Å². The third-order valence-corrected chi connectivity index (χ3v) is 3.82. The zero-order valence-corrected chi connectivity index (χ0v) is 12.7. The first-order valence-electron chi connectivity index (χ1n) is 6.65. The zero-order chi connectivity index (χ0) is 15.4. The smallest absolute Gasteiger partial charge is 0.127 e. The minimum absolute atomic E-state index is 0.0915. The van der Waals surface area contributed by atoms with Crippen LogP contribution in [0, 0.1) is 17.1 Å². The van der Waals surface area contributed by atoms with Gasteiger partial charge in [0.1, 0.15) is 5.82 Å². The highest BCUT2D eigenvalue weighted by molar-refractivity contribution is 6.30. The molecule has 1 atom stereocenters. The number of halogens is 2. The van der Waals surface area contributed by atoms with Gasteiger partial charge in [0, 0.05) is 23.2 Å². The van der Waals surface area contributed by atoms with Crippen molar-refractivity contribution in [2.24, 2.45) is 0 Å². The van der Waals surface area contributed by atoms with Gasteiger partial charge in [0.25, 0.3) is 0 Å². The Morgan fingerprint density at radius 2 is 2.05 bits per heavy atom. The summed E-state index contributed by atoms with van der Waals surface area (Å²) in [5, 5.41) is 9.59. The maximum atomic E-state index is 13.8. The Kier molecular flexibility index (Phi) is 4.95. The average molecular weight is 303 g/mol. The van der Waals surface area contributed by atoms with Crippen molar-refractivity contribution >= 4 is 11.6 Å². The lowest BCUT2D eigenvalue weighted by atomic mass is 10.1. The first kappa shape index (κ1) is 15.5. The maximum Gasteiger partial charge on any atom is 0.127 e. The lowest BCUT2D eigenvalue weighted by Gasteiger charge is -2.25. The van der Waals surface area contributed by atoms with E-state index in [1.807, 2.05) is 49.2 Å². The summed E-state index contributed by atoms with van der Waals surface area (Å²) < 4.78 is 13.8. The summed E-state index contributed by atoms with van der Waals surface area (Å²) in [4.78, 5) is 2.02. The molecule has 0 spiro atoms. The largest absolute Gasteiger partial charge is 0.295 e. The van der Waals surface area contributed by atoms with E-state index in [0.717, 1.165) is 5.56 Å². The van der Waals surface area contributed by atoms with Gasteiger partial charge in [-0.05, 0) is 49.9 Å². The zero-order valence-electron chi connectivity index (χ0n) is 12.0. The number of nitriles is 1. The molecule has 0 amide bonds. The fourth-order valence-corrected chi connectivity index (χ4v) is 2.39. The van der Waals surface area contributed by atoms with E-state index in [-0.39, 0.29) is 11.9 Å². The molecule has 21 heavy (non-hydrogen) atoms. The van der Waals surface area contributed by atoms with Gasteiger partial charge in [-0.15, -0.1) is 0 Å². The van der Waals surface area contributed by atoms with Crippen LogP contribution < -0.4 is 0 Å². The van der Waals surface area contributed by atoms with Crippen LogP contribution in [0.3, 0.4) is 0 Å². The summed E-state index contributed by atoms with van der Waals surface area (Å²) in [6.07, 6.45) is 0. The van der Waals surface area contributed by atoms with Crippen molar-refractivity contribution in [3.8, 4) is 6.07 Å². The SMILES string of the molecule is CC(c1cccc(Cl)c1)N(C)Cc1cc(C#N)ccc1F. The third-order valence-electron chi connectivity index (χ3n) is 3.59. The fraction of sp³-hybridized carbons (Fsp3) is 0.235. The molecule has 0 aliphatic heterocycles. The molecule has 0 radical (unpaired) electrons. The van der Waals surface area contributed by atoms with Crippen LogP contribution in [0.5, 0.6) is 0 Å². The van der Waals surface area contributed by atoms with E-state index in [2.05, 4.69) is 0 Å². The lowest BCUT2D eigenvalue weighted by Crippen LogP contribution is -2.22. The topological polar surface area (TPSA) is 27.0 Å². The van der Waals surface area contributed by atoms with Crippen molar-refractivity contribution in [1.29, 1.82) is 5.26 Å². The van der Waals surface area contributed by atoms with E-state index >= 15 is 0 Å². The summed E-state index contributed by atoms with van der Waals surface area (Å²) >= 11 is 6.00. The van der Waals surface area contributed by atoms with Crippen molar-refractivity contribution in [1.82, 2.24) is 4.90 Å². The van der Waals surface area contributed by atoms with Crippen LogP contribution in [0.1, 0.15) is 29.7 Å². The minimum Gasteiger partial charge on any atom is -0.295 e. The lowest BCUT2D eigenvalue weighted by molar-refractivity contribution is 0.249. The van der Waals surface area contributed by atoms with Crippen LogP contribution in [0.4, 0.5) is 4.39 Å². The molecule has 2 rings (SSSR count). The average Bonchev–Trinajstić information content (AvgIpc) is 2.48. The number of nitrogens with zero attached hydrogens (tertiary/aromatic N) is 2. The molecule has 0 N–H and O–H groups in total. The molecule has 0 saturated carbocycles. The number of rotatable bonds is 4. The molecular formula is C17H16ClFN2. The maximum absolute atomic E-state index is 13.8. The Bertz CT molecular complexity index is 679. The fourth-order valence-electron chi connectivity index (χ4n) is 2.19. The molecule has 0 aromatic heterocycles. The molecule has 0 bridgehead atoms. The van der Waals surface area contributed by atoms with Gasteiger partial charge in [-0.3, -0.25) is 4.90 Å². The molecule has 0 aliphatic carbocycles. The van der Waals surface area contributed by atoms with E-state index < -0.39 is 0 Å². The van der Waals surface area contributed by atoms with E-state index in [4.69, 9.17) is 16.9 Å². The van der Waals surface area contributed by atoms with Crippen LogP contribution in [0.25, 0.3) is 0 Å². The van der Waals surface area contributed by atoms with Crippen LogP contribution in [0.15, 0.2) is 42.5 Å². The summed E-state index contributed by atoms with van der Waals surface area (Å²) in [6, 6.07) is 14.2. The Morgan fingerprint density at radius 1 is 1.29 bits per heavy atom. The van der Waals surface area contributed by atoms with Gasteiger partial charge in [0.15, 0.2) is 0 Å². The molecule has 2 aromatic carbocycles. The van der Waals surface area contributed by atoms with Crippen LogP contribution in [0.2, 0.25) is 5.02 Å². The van der Waals surface area contributed by atoms with Gasteiger partial charge >= 0.3 is 0 Å². The van der Waals surface area contributed by atoms with Gasteiger partial charge in [0.2, 0.25) is 0 Å². The summed E-state index contributed by atoms with van der Waals surface area (Å²) in [6.45, 7) is 2.47. The number of benzene rings is 2. The Labute approximate surface area is 129 Å². The number of hydrogen-bond donors (Lipinski definition) is 0. The number of hydrogen-bond acceptors (Lipinski definition) is 2. The summed E-state index contributed by atoms with van der Waals surface area (Å²) in [5.74, 6) is -0.292. The predicted molar refractivity (Wildman–Crippen MR) is 82.4 cm³/mol. The molecule has 0 aliphatic rings. The highest BCUT2D eigenvalue weighted by Crippen LogP contribution is 2.24. The summed E-state index contributed by atoms with van der Waals surface area (Å²) in [5.41, 5.74) is 2.06. The van der Waals surface area contributed by atoms with Crippen molar-refractivity contribution in [2.75, 3.05) is 7.05 Å². The predicted octanol–water partition coefficient (Wildman–Crippen LogP) is 4.54. The molecular weight excluding hydrogens is 287 g/mol. The molecule has 108 valence electrons. The second-order valence-corrected chi connectivity index (χ2v) is 5.50. The molecule has 0 heterocycles. The highest BCUT2D eigenvalue weighted by Gasteiger charge is 2.14. The quantitative estimate of drug-likeness (QED) is 0.829. The Hall–Kier alpha value is -1.89. The van der Waals surface area contributed by atoms with E-state index in [1.54, 1.807) is 6.07 Å². The molecule has 2 aromatic rings. The Morgan fingerprint density at radius 3 is 2.71 bits per heavy atom. The second kappa shape index (κ2) is 6.71. The first-order chi connectivity index (χ1) is 10.0. The minimum atomic E-state index is -0.292. The van der Waals surface area contributed by atoms with Crippen molar-refractivity contribution in [3.05, 3.63) is 70.0 Å². The van der Waals surface area contributed by atoms with Crippen molar-refractivity contribution in [2.45, 2.75) is 19.5 Å². The third kappa shape index (κ3) is 3.81. The van der Waals surface area contributed by atoms with Gasteiger partial charge in [-0.25, -0.2) is 4.39 Å². The molecule has 1 unspecified atom stereocenters. The standard InChI is InChI=1S/C17H16ClFN2/c1-12(14-4-3-5-16(18)9-14)21(2)11-15-8-13(10-20)6-7-17(15)19/h3-9,12H,11H2,1-2H3. The Balaban J connectivity index is 2.18. The van der Waals surface area contributed by atoms with Gasteiger partial charge < -0.3 is 0 Å². The van der Waals surface area contributed by atoms with Gasteiger partial charge in [-0.1, -0.05) is 23.7 Å². The normalized spacial score (nSPS) is 12.2. The molecule has 0 fully saturated rings. The van der Waals surface area contributed by atoms with Gasteiger partial charge in [0.05, 0.1) is 11.6 Å². The van der Waals surface area contributed by atoms with Crippen molar-refractivity contribution in [3.63, 3.8) is 0 Å². The van der Waals surface area contributed by atoms with E-state index in [0.29, 0.717) is 22.7 Å².